The lowest BCUT2D eigenvalue weighted by Crippen LogP contribution is -2.47. The Balaban J connectivity index is 2.45. The van der Waals surface area contributed by atoms with Crippen LogP contribution in [0.4, 0.5) is 0 Å². The highest BCUT2D eigenvalue weighted by Crippen LogP contribution is 2.38. The normalized spacial score (nSPS) is 23.3. The summed E-state index contributed by atoms with van der Waals surface area (Å²) in [6.45, 7) is 7.01. The molecule has 0 aliphatic carbocycles. The largest absolute Gasteiger partial charge is 0.366 e. The molecule has 0 bridgehead atoms. The molecule has 1 aliphatic heterocycles. The minimum atomic E-state index is -0.870. The maximum absolute atomic E-state index is 12.4. The molecule has 0 aromatic heterocycles. The molecule has 1 fully saturated rings. The molecular weight excluding hydrogens is 276 g/mol. The van der Waals surface area contributed by atoms with Crippen molar-refractivity contribution in [1.29, 1.82) is 0 Å². The molecule has 0 saturated carbocycles. The van der Waals surface area contributed by atoms with Crippen LogP contribution in [-0.2, 0) is 5.21 Å². The predicted octanol–water partition coefficient (Wildman–Crippen LogP) is 3.09. The van der Waals surface area contributed by atoms with E-state index in [9.17, 15) is 10.0 Å². The molecule has 2 rings (SSSR count). The van der Waals surface area contributed by atoms with E-state index in [0.717, 1.165) is 5.06 Å². The second kappa shape index (κ2) is 4.88. The lowest BCUT2D eigenvalue weighted by atomic mass is 9.99. The molecule has 5 heteroatoms. The Morgan fingerprint density at radius 1 is 1.15 bits per heavy atom. The molecule has 0 amide bonds. The number of hydroxylamine groups is 2. The summed E-state index contributed by atoms with van der Waals surface area (Å²) in [5.74, 6) is -0.283. The Kier molecular flexibility index (Phi) is 3.67. The molecule has 1 radical (unpaired) electrons. The van der Waals surface area contributed by atoms with Gasteiger partial charge >= 0.3 is 0 Å². The quantitative estimate of drug-likeness (QED) is 0.673. The van der Waals surface area contributed by atoms with Crippen LogP contribution in [-0.4, -0.2) is 22.0 Å². The van der Waals surface area contributed by atoms with Crippen LogP contribution >= 0.6 is 11.6 Å². The molecule has 1 heterocycles. The van der Waals surface area contributed by atoms with Gasteiger partial charge in [-0.1, -0.05) is 41.9 Å². The number of hydrogen-bond donors (Lipinski definition) is 1. The van der Waals surface area contributed by atoms with Gasteiger partial charge in [0.05, 0.1) is 11.2 Å². The zero-order valence-electron chi connectivity index (χ0n) is 12.0. The van der Waals surface area contributed by atoms with E-state index in [1.54, 1.807) is 52.0 Å². The van der Waals surface area contributed by atoms with Crippen molar-refractivity contribution in [2.24, 2.45) is 0 Å². The average molecular weight is 294 g/mol. The number of hydrogen-bond acceptors (Lipinski definition) is 3. The van der Waals surface area contributed by atoms with Crippen molar-refractivity contribution in [3.8, 4) is 0 Å². The van der Waals surface area contributed by atoms with Crippen LogP contribution in [0.25, 0.3) is 0 Å². The standard InChI is InChI=1S/C15H18ClN2O2/c1-14(2)13(17-15(3,4)18(14)20)11(16)12(19)10-8-6-5-7-9-10/h5-9,17H,1-4H3. The van der Waals surface area contributed by atoms with Gasteiger partial charge in [-0.15, -0.1) is 10.3 Å². The molecule has 0 unspecified atom stereocenters. The van der Waals surface area contributed by atoms with E-state index in [-0.39, 0.29) is 10.8 Å². The second-order valence-electron chi connectivity index (χ2n) is 5.92. The molecular formula is C15H18ClN2O2. The van der Waals surface area contributed by atoms with Crippen molar-refractivity contribution in [2.45, 2.75) is 38.9 Å². The first-order valence-corrected chi connectivity index (χ1v) is 6.81. The summed E-state index contributed by atoms with van der Waals surface area (Å²) in [6.07, 6.45) is 0. The fourth-order valence-corrected chi connectivity index (χ4v) is 2.85. The van der Waals surface area contributed by atoms with Crippen molar-refractivity contribution in [3.05, 3.63) is 46.6 Å². The van der Waals surface area contributed by atoms with Crippen molar-refractivity contribution >= 4 is 17.4 Å². The summed E-state index contributed by atoms with van der Waals surface area (Å²) in [7, 11) is 0. The number of nitrogens with zero attached hydrogens (tertiary/aromatic N) is 1. The molecule has 107 valence electrons. The Hall–Kier alpha value is -1.36. The lowest BCUT2D eigenvalue weighted by Gasteiger charge is -2.29. The molecule has 1 aromatic rings. The first kappa shape index (κ1) is 15.0. The highest BCUT2D eigenvalue weighted by atomic mass is 35.5. The average Bonchev–Trinajstić information content (AvgIpc) is 2.58. The van der Waals surface area contributed by atoms with Crippen LogP contribution in [0.15, 0.2) is 41.1 Å². The molecule has 4 nitrogen and oxygen atoms in total. The minimum Gasteiger partial charge on any atom is -0.366 e. The van der Waals surface area contributed by atoms with Gasteiger partial charge in [0.1, 0.15) is 10.7 Å². The van der Waals surface area contributed by atoms with Crippen molar-refractivity contribution in [1.82, 2.24) is 10.4 Å². The summed E-state index contributed by atoms with van der Waals surface area (Å²) in [5, 5.41) is 16.3. The van der Waals surface area contributed by atoms with E-state index < -0.39 is 11.2 Å². The van der Waals surface area contributed by atoms with Gasteiger partial charge in [-0.2, -0.15) is 0 Å². The number of Topliss-reactive ketones (excluding diaryl/α,β-unsaturated/α-hetero) is 1. The van der Waals surface area contributed by atoms with E-state index in [0.29, 0.717) is 11.3 Å². The van der Waals surface area contributed by atoms with E-state index in [4.69, 9.17) is 11.6 Å². The smallest absolute Gasteiger partial charge is 0.206 e. The number of carbonyl (C=O) groups excluding carboxylic acids is 1. The first-order chi connectivity index (χ1) is 9.18. The third-order valence-electron chi connectivity index (χ3n) is 3.51. The maximum atomic E-state index is 12.4. The number of benzene rings is 1. The summed E-state index contributed by atoms with van der Waals surface area (Å²) in [5.41, 5.74) is -0.696. The molecule has 1 aromatic carbocycles. The first-order valence-electron chi connectivity index (χ1n) is 6.43. The minimum absolute atomic E-state index is 0.0626. The summed E-state index contributed by atoms with van der Waals surface area (Å²) in [6, 6.07) is 8.79. The fourth-order valence-electron chi connectivity index (χ4n) is 2.46. The van der Waals surface area contributed by atoms with Gasteiger partial charge in [-0.05, 0) is 27.7 Å². The Morgan fingerprint density at radius 3 is 2.15 bits per heavy atom. The summed E-state index contributed by atoms with van der Waals surface area (Å²) in [4.78, 5) is 12.4. The SMILES string of the molecule is CC1(C)NC(=C(Cl)C(=O)c2ccccc2)C(C)(C)N1[O]. The summed E-state index contributed by atoms with van der Waals surface area (Å²) >= 11 is 6.25. The van der Waals surface area contributed by atoms with Crippen LogP contribution in [0.1, 0.15) is 38.1 Å². The van der Waals surface area contributed by atoms with E-state index in [1.165, 1.54) is 0 Å². The zero-order valence-corrected chi connectivity index (χ0v) is 12.8. The van der Waals surface area contributed by atoms with Gasteiger partial charge in [0.15, 0.2) is 0 Å². The number of carbonyl (C=O) groups is 1. The van der Waals surface area contributed by atoms with Gasteiger partial charge in [-0.25, -0.2) is 0 Å². The van der Waals surface area contributed by atoms with Crippen LogP contribution in [0.5, 0.6) is 0 Å². The van der Waals surface area contributed by atoms with Crippen molar-refractivity contribution in [2.75, 3.05) is 0 Å². The van der Waals surface area contributed by atoms with E-state index in [2.05, 4.69) is 5.32 Å². The molecule has 0 spiro atoms. The van der Waals surface area contributed by atoms with Crippen LogP contribution in [0.3, 0.4) is 0 Å². The summed E-state index contributed by atoms with van der Waals surface area (Å²) < 4.78 is 0. The third-order valence-corrected chi connectivity index (χ3v) is 3.87. The molecule has 1 saturated heterocycles. The fraction of sp³-hybridized carbons (Fsp3) is 0.400. The Morgan fingerprint density at radius 2 is 1.70 bits per heavy atom. The molecule has 0 atom stereocenters. The number of ketones is 1. The zero-order chi connectivity index (χ0) is 15.1. The van der Waals surface area contributed by atoms with Gasteiger partial charge in [0, 0.05) is 5.56 Å². The van der Waals surface area contributed by atoms with E-state index >= 15 is 0 Å². The van der Waals surface area contributed by atoms with Crippen LogP contribution in [0, 0.1) is 0 Å². The van der Waals surface area contributed by atoms with Gasteiger partial charge < -0.3 is 5.32 Å². The van der Waals surface area contributed by atoms with E-state index in [1.807, 2.05) is 6.07 Å². The monoisotopic (exact) mass is 293 g/mol. The topological polar surface area (TPSA) is 52.2 Å². The number of rotatable bonds is 2. The number of halogens is 1. The lowest BCUT2D eigenvalue weighted by molar-refractivity contribution is -0.243. The molecule has 1 aliphatic rings. The molecule has 20 heavy (non-hydrogen) atoms. The van der Waals surface area contributed by atoms with Crippen molar-refractivity contribution < 1.29 is 10.0 Å². The van der Waals surface area contributed by atoms with Crippen molar-refractivity contribution in [3.63, 3.8) is 0 Å². The highest BCUT2D eigenvalue weighted by molar-refractivity contribution is 6.45. The highest BCUT2D eigenvalue weighted by Gasteiger charge is 2.50. The van der Waals surface area contributed by atoms with Gasteiger partial charge in [0.25, 0.3) is 0 Å². The predicted molar refractivity (Wildman–Crippen MR) is 77.5 cm³/mol. The Labute approximate surface area is 124 Å². The number of nitrogens with one attached hydrogen (secondary N) is 1. The maximum Gasteiger partial charge on any atom is 0.206 e. The van der Waals surface area contributed by atoms with Crippen LogP contribution < -0.4 is 5.32 Å². The second-order valence-corrected chi connectivity index (χ2v) is 6.30. The van der Waals surface area contributed by atoms with Gasteiger partial charge in [0.2, 0.25) is 5.78 Å². The van der Waals surface area contributed by atoms with Crippen LogP contribution in [0.2, 0.25) is 0 Å². The third kappa shape index (κ3) is 2.35. The molecule has 1 N–H and O–H groups in total. The van der Waals surface area contributed by atoms with Gasteiger partial charge in [-0.3, -0.25) is 4.79 Å². The Bertz CT molecular complexity index is 564. The number of allylic oxidation sites excluding steroid dienone is 1.